The Kier molecular flexibility index (Phi) is 5.61. The summed E-state index contributed by atoms with van der Waals surface area (Å²) in [7, 11) is 0. The second kappa shape index (κ2) is 7.70. The third-order valence-electron chi connectivity index (χ3n) is 4.58. The number of aromatic nitrogens is 3. The molecule has 1 fully saturated rings. The van der Waals surface area contributed by atoms with Gasteiger partial charge in [-0.2, -0.15) is 0 Å². The quantitative estimate of drug-likeness (QED) is 0.755. The van der Waals surface area contributed by atoms with Crippen molar-refractivity contribution in [2.24, 2.45) is 0 Å². The molecule has 2 unspecified atom stereocenters. The molecule has 0 radical (unpaired) electrons. The zero-order valence-corrected chi connectivity index (χ0v) is 16.1. The molecule has 1 amide bonds. The van der Waals surface area contributed by atoms with Gasteiger partial charge in [-0.3, -0.25) is 4.79 Å². The number of thiophene rings is 1. The minimum Gasteiger partial charge on any atom is -0.337 e. The molecule has 0 spiro atoms. The first-order valence-corrected chi connectivity index (χ1v) is 10.4. The summed E-state index contributed by atoms with van der Waals surface area (Å²) >= 11 is 3.16. The molecule has 2 aromatic rings. The van der Waals surface area contributed by atoms with Gasteiger partial charge in [0.25, 0.3) is 0 Å². The molecule has 0 aromatic carbocycles. The molecule has 3 rings (SSSR count). The second-order valence-electron chi connectivity index (χ2n) is 6.25. The van der Waals surface area contributed by atoms with Gasteiger partial charge >= 0.3 is 0 Å². The molecule has 0 saturated carbocycles. The van der Waals surface area contributed by atoms with Crippen LogP contribution in [0, 0.1) is 0 Å². The van der Waals surface area contributed by atoms with Crippen molar-refractivity contribution < 1.29 is 4.79 Å². The van der Waals surface area contributed by atoms with E-state index in [0.717, 1.165) is 35.2 Å². The van der Waals surface area contributed by atoms with Crippen LogP contribution in [0.5, 0.6) is 0 Å². The summed E-state index contributed by atoms with van der Waals surface area (Å²) in [5.74, 6) is 1.53. The number of hydrogen-bond donors (Lipinski definition) is 0. The highest BCUT2D eigenvalue weighted by atomic mass is 32.2. The van der Waals surface area contributed by atoms with E-state index in [2.05, 4.69) is 46.5 Å². The van der Waals surface area contributed by atoms with E-state index >= 15 is 0 Å². The second-order valence-corrected chi connectivity index (χ2v) is 8.14. The maximum absolute atomic E-state index is 12.7. The molecule has 0 aliphatic carbocycles. The molecular formula is C17H24N4OS2. The van der Waals surface area contributed by atoms with Gasteiger partial charge in [-0.1, -0.05) is 17.8 Å². The van der Waals surface area contributed by atoms with Gasteiger partial charge in [-0.05, 0) is 51.5 Å². The summed E-state index contributed by atoms with van der Waals surface area (Å²) in [5.41, 5.74) is 0. The molecule has 130 valence electrons. The van der Waals surface area contributed by atoms with Crippen molar-refractivity contribution in [2.45, 2.75) is 63.8 Å². The van der Waals surface area contributed by atoms with Crippen LogP contribution in [-0.4, -0.2) is 43.4 Å². The minimum atomic E-state index is 0.211. The van der Waals surface area contributed by atoms with Crippen molar-refractivity contribution in [3.05, 3.63) is 17.5 Å². The van der Waals surface area contributed by atoms with Crippen LogP contribution in [0.4, 0.5) is 0 Å². The predicted octanol–water partition coefficient (Wildman–Crippen LogP) is 3.91. The Morgan fingerprint density at radius 2 is 2.08 bits per heavy atom. The lowest BCUT2D eigenvalue weighted by Crippen LogP contribution is -2.48. The first-order chi connectivity index (χ1) is 11.6. The van der Waals surface area contributed by atoms with E-state index in [1.807, 2.05) is 11.4 Å². The fourth-order valence-electron chi connectivity index (χ4n) is 3.38. The summed E-state index contributed by atoms with van der Waals surface area (Å²) in [4.78, 5) is 15.8. The zero-order chi connectivity index (χ0) is 17.1. The van der Waals surface area contributed by atoms with Crippen molar-refractivity contribution >= 4 is 29.0 Å². The van der Waals surface area contributed by atoms with Crippen LogP contribution >= 0.6 is 23.1 Å². The fourth-order valence-corrected chi connectivity index (χ4v) is 4.97. The van der Waals surface area contributed by atoms with Gasteiger partial charge in [-0.25, -0.2) is 0 Å². The average molecular weight is 365 g/mol. The monoisotopic (exact) mass is 364 g/mol. The number of rotatable bonds is 5. The van der Waals surface area contributed by atoms with Crippen molar-refractivity contribution in [2.75, 3.05) is 5.75 Å². The molecule has 7 heteroatoms. The average Bonchev–Trinajstić information content (AvgIpc) is 3.21. The summed E-state index contributed by atoms with van der Waals surface area (Å²) in [6.45, 7) is 7.19. The van der Waals surface area contributed by atoms with Gasteiger partial charge in [0, 0.05) is 18.6 Å². The summed E-state index contributed by atoms with van der Waals surface area (Å²) < 4.78 is 2.09. The van der Waals surface area contributed by atoms with Crippen LogP contribution < -0.4 is 0 Å². The smallest absolute Gasteiger partial charge is 0.233 e. The maximum atomic E-state index is 12.7. The molecule has 0 N–H and O–H groups in total. The van der Waals surface area contributed by atoms with Gasteiger partial charge in [0.15, 0.2) is 11.0 Å². The number of piperidine rings is 1. The lowest BCUT2D eigenvalue weighted by molar-refractivity contribution is -0.134. The highest BCUT2D eigenvalue weighted by Crippen LogP contribution is 2.28. The van der Waals surface area contributed by atoms with Gasteiger partial charge in [0.2, 0.25) is 5.91 Å². The lowest BCUT2D eigenvalue weighted by atomic mass is 9.98. The molecule has 24 heavy (non-hydrogen) atoms. The van der Waals surface area contributed by atoms with E-state index in [1.54, 1.807) is 11.3 Å². The molecule has 2 aromatic heterocycles. The van der Waals surface area contributed by atoms with Crippen molar-refractivity contribution in [1.82, 2.24) is 19.7 Å². The standard InChI is InChI=1S/C17H24N4OS2/c1-4-20-16(14-9-6-10-23-14)18-19-17(20)24-11-15(22)21-12(2)7-5-8-13(21)3/h6,9-10,12-13H,4-5,7-8,11H2,1-3H3. The zero-order valence-electron chi connectivity index (χ0n) is 14.4. The van der Waals surface area contributed by atoms with Crippen LogP contribution in [0.1, 0.15) is 40.0 Å². The summed E-state index contributed by atoms with van der Waals surface area (Å²) in [5, 5.41) is 11.5. The molecule has 1 aliphatic heterocycles. The normalized spacial score (nSPS) is 21.2. The van der Waals surface area contributed by atoms with Gasteiger partial charge in [0.1, 0.15) is 0 Å². The predicted molar refractivity (Wildman–Crippen MR) is 99.4 cm³/mol. The Bertz CT molecular complexity index is 673. The van der Waals surface area contributed by atoms with Gasteiger partial charge in [0.05, 0.1) is 10.6 Å². The molecule has 3 heterocycles. The minimum absolute atomic E-state index is 0.211. The Labute approximate surface area is 151 Å². The topological polar surface area (TPSA) is 51.0 Å². The third kappa shape index (κ3) is 3.52. The van der Waals surface area contributed by atoms with Crippen LogP contribution in [0.15, 0.2) is 22.7 Å². The summed E-state index contributed by atoms with van der Waals surface area (Å²) in [6.07, 6.45) is 3.43. The number of amides is 1. The van der Waals surface area contributed by atoms with Crippen LogP contribution in [0.2, 0.25) is 0 Å². The highest BCUT2D eigenvalue weighted by Gasteiger charge is 2.29. The van der Waals surface area contributed by atoms with E-state index in [9.17, 15) is 4.79 Å². The van der Waals surface area contributed by atoms with E-state index in [0.29, 0.717) is 17.8 Å². The number of carbonyl (C=O) groups excluding carboxylic acids is 1. The van der Waals surface area contributed by atoms with Crippen molar-refractivity contribution in [3.63, 3.8) is 0 Å². The largest absolute Gasteiger partial charge is 0.337 e. The first-order valence-electron chi connectivity index (χ1n) is 8.52. The Hall–Kier alpha value is -1.34. The molecule has 1 saturated heterocycles. The van der Waals surface area contributed by atoms with Crippen molar-refractivity contribution in [3.8, 4) is 10.7 Å². The number of thioether (sulfide) groups is 1. The third-order valence-corrected chi connectivity index (χ3v) is 6.40. The molecule has 1 aliphatic rings. The van der Waals surface area contributed by atoms with Crippen LogP contribution in [0.25, 0.3) is 10.7 Å². The number of hydrogen-bond acceptors (Lipinski definition) is 5. The Morgan fingerprint density at radius 1 is 1.33 bits per heavy atom. The van der Waals surface area contributed by atoms with Crippen LogP contribution in [0.3, 0.4) is 0 Å². The summed E-state index contributed by atoms with van der Waals surface area (Å²) in [6, 6.07) is 4.75. The molecule has 5 nitrogen and oxygen atoms in total. The SMILES string of the molecule is CCn1c(SCC(=O)N2C(C)CCCC2C)nnc1-c1cccs1. The van der Waals surface area contributed by atoms with E-state index < -0.39 is 0 Å². The van der Waals surface area contributed by atoms with Crippen molar-refractivity contribution in [1.29, 1.82) is 0 Å². The first kappa shape index (κ1) is 17.5. The maximum Gasteiger partial charge on any atom is 0.233 e. The Balaban J connectivity index is 1.69. The molecule has 0 bridgehead atoms. The van der Waals surface area contributed by atoms with Gasteiger partial charge < -0.3 is 9.47 Å². The molecule has 2 atom stereocenters. The van der Waals surface area contributed by atoms with E-state index in [-0.39, 0.29) is 5.91 Å². The number of carbonyl (C=O) groups is 1. The molecular weight excluding hydrogens is 340 g/mol. The van der Waals surface area contributed by atoms with Crippen LogP contribution in [-0.2, 0) is 11.3 Å². The fraction of sp³-hybridized carbons (Fsp3) is 0.588. The van der Waals surface area contributed by atoms with E-state index in [4.69, 9.17) is 0 Å². The number of nitrogens with zero attached hydrogens (tertiary/aromatic N) is 4. The Morgan fingerprint density at radius 3 is 2.71 bits per heavy atom. The number of likely N-dealkylation sites (tertiary alicyclic amines) is 1. The lowest BCUT2D eigenvalue weighted by Gasteiger charge is -2.39. The van der Waals surface area contributed by atoms with E-state index in [1.165, 1.54) is 18.2 Å². The van der Waals surface area contributed by atoms with Gasteiger partial charge in [-0.15, -0.1) is 21.5 Å². The highest BCUT2D eigenvalue weighted by molar-refractivity contribution is 7.99.